The molecule has 2 aliphatic rings. The van der Waals surface area contributed by atoms with Crippen LogP contribution in [-0.4, -0.2) is 31.5 Å². The molecule has 0 aromatic carbocycles. The van der Waals surface area contributed by atoms with E-state index in [-0.39, 0.29) is 5.60 Å². The van der Waals surface area contributed by atoms with Crippen LogP contribution in [0.3, 0.4) is 0 Å². The molecule has 1 atom stereocenters. The van der Waals surface area contributed by atoms with E-state index >= 15 is 0 Å². The van der Waals surface area contributed by atoms with Gasteiger partial charge in [0.2, 0.25) is 0 Å². The van der Waals surface area contributed by atoms with Crippen LogP contribution < -0.4 is 5.73 Å². The van der Waals surface area contributed by atoms with Gasteiger partial charge in [-0.15, -0.1) is 0 Å². The van der Waals surface area contributed by atoms with E-state index in [0.29, 0.717) is 12.6 Å². The van der Waals surface area contributed by atoms with Gasteiger partial charge in [-0.3, -0.25) is 0 Å². The Morgan fingerprint density at radius 3 is 2.58 bits per heavy atom. The Hall–Kier alpha value is -0.120. The number of rotatable bonds is 1. The summed E-state index contributed by atoms with van der Waals surface area (Å²) in [5.41, 5.74) is 5.71. The van der Waals surface area contributed by atoms with Crippen molar-refractivity contribution in [3.8, 4) is 0 Å². The van der Waals surface area contributed by atoms with Crippen molar-refractivity contribution in [2.45, 2.75) is 37.4 Å². The monoisotopic (exact) mass is 171 g/mol. The second-order valence-corrected chi connectivity index (χ2v) is 3.81. The van der Waals surface area contributed by atoms with Crippen molar-refractivity contribution in [1.82, 2.24) is 0 Å². The van der Waals surface area contributed by atoms with Crippen LogP contribution in [0.4, 0.5) is 0 Å². The van der Waals surface area contributed by atoms with E-state index in [1.54, 1.807) is 0 Å². The molecule has 0 radical (unpaired) electrons. The van der Waals surface area contributed by atoms with E-state index in [1.807, 2.05) is 0 Å². The van der Waals surface area contributed by atoms with Crippen molar-refractivity contribution < 1.29 is 9.47 Å². The number of ether oxygens (including phenoxy) is 2. The van der Waals surface area contributed by atoms with E-state index in [1.165, 1.54) is 6.42 Å². The van der Waals surface area contributed by atoms with Crippen molar-refractivity contribution in [2.24, 2.45) is 5.73 Å². The minimum atomic E-state index is 0.141. The molecular formula is C9H17NO2. The molecule has 0 saturated carbocycles. The zero-order chi connectivity index (χ0) is 8.44. The first-order valence-electron chi connectivity index (χ1n) is 4.80. The molecule has 2 heterocycles. The number of nitrogens with two attached hydrogens (primary N) is 1. The molecule has 2 saturated heterocycles. The van der Waals surface area contributed by atoms with Crippen molar-refractivity contribution in [1.29, 1.82) is 0 Å². The largest absolute Gasteiger partial charge is 0.381 e. The van der Waals surface area contributed by atoms with E-state index in [2.05, 4.69) is 0 Å². The smallest absolute Gasteiger partial charge is 0.0731 e. The Bertz CT molecular complexity index is 155. The Balaban J connectivity index is 1.94. The molecule has 2 rings (SSSR count). The van der Waals surface area contributed by atoms with Crippen molar-refractivity contribution in [3.05, 3.63) is 0 Å². The summed E-state index contributed by atoms with van der Waals surface area (Å²) in [6, 6.07) is 0. The zero-order valence-electron chi connectivity index (χ0n) is 7.42. The van der Waals surface area contributed by atoms with Crippen LogP contribution in [-0.2, 0) is 9.47 Å². The van der Waals surface area contributed by atoms with Gasteiger partial charge in [-0.1, -0.05) is 0 Å². The maximum Gasteiger partial charge on any atom is 0.0731 e. The van der Waals surface area contributed by atoms with Crippen LogP contribution in [0, 0.1) is 0 Å². The van der Waals surface area contributed by atoms with Gasteiger partial charge in [-0.2, -0.15) is 0 Å². The molecule has 1 unspecified atom stereocenters. The van der Waals surface area contributed by atoms with Crippen molar-refractivity contribution in [2.75, 3.05) is 19.8 Å². The molecule has 12 heavy (non-hydrogen) atoms. The Morgan fingerprint density at radius 1 is 1.25 bits per heavy atom. The standard InChI is InChI=1S/C9H17NO2/c10-7-8-1-2-9(12-8)3-5-11-6-4-9/h8H,1-7,10H2. The molecule has 2 N–H and O–H groups in total. The summed E-state index contributed by atoms with van der Waals surface area (Å²) in [6.07, 6.45) is 4.74. The fourth-order valence-corrected chi connectivity index (χ4v) is 2.17. The molecule has 2 fully saturated rings. The third-order valence-corrected chi connectivity index (χ3v) is 3.01. The van der Waals surface area contributed by atoms with Crippen molar-refractivity contribution in [3.63, 3.8) is 0 Å². The van der Waals surface area contributed by atoms with Crippen LogP contribution in [0.25, 0.3) is 0 Å². The highest BCUT2D eigenvalue weighted by Crippen LogP contribution is 2.37. The Morgan fingerprint density at radius 2 is 2.00 bits per heavy atom. The van der Waals surface area contributed by atoms with Crippen LogP contribution in [0.5, 0.6) is 0 Å². The second-order valence-electron chi connectivity index (χ2n) is 3.81. The highest BCUT2D eigenvalue weighted by Gasteiger charge is 2.40. The molecular weight excluding hydrogens is 154 g/mol. The van der Waals surface area contributed by atoms with Crippen LogP contribution >= 0.6 is 0 Å². The van der Waals surface area contributed by atoms with Gasteiger partial charge in [0.15, 0.2) is 0 Å². The molecule has 70 valence electrons. The lowest BCUT2D eigenvalue weighted by Crippen LogP contribution is -2.37. The summed E-state index contributed by atoms with van der Waals surface area (Å²) < 4.78 is 11.2. The van der Waals surface area contributed by atoms with Gasteiger partial charge in [0, 0.05) is 19.8 Å². The van der Waals surface area contributed by atoms with Gasteiger partial charge in [-0.05, 0) is 25.7 Å². The van der Waals surface area contributed by atoms with Crippen LogP contribution in [0.2, 0.25) is 0 Å². The highest BCUT2D eigenvalue weighted by atomic mass is 16.5. The normalized spacial score (nSPS) is 34.2. The molecule has 0 aromatic heterocycles. The topological polar surface area (TPSA) is 44.5 Å². The highest BCUT2D eigenvalue weighted by molar-refractivity contribution is 4.90. The first-order chi connectivity index (χ1) is 5.85. The molecule has 0 bridgehead atoms. The average Bonchev–Trinajstić information content (AvgIpc) is 2.50. The van der Waals surface area contributed by atoms with E-state index in [4.69, 9.17) is 15.2 Å². The maximum absolute atomic E-state index is 5.93. The SMILES string of the molecule is NCC1CCC2(CCOCC2)O1. The van der Waals surface area contributed by atoms with Crippen molar-refractivity contribution >= 4 is 0 Å². The summed E-state index contributed by atoms with van der Waals surface area (Å²) in [5, 5.41) is 0. The zero-order valence-corrected chi connectivity index (χ0v) is 7.42. The van der Waals surface area contributed by atoms with Crippen LogP contribution in [0.15, 0.2) is 0 Å². The minimum absolute atomic E-state index is 0.141. The van der Waals surface area contributed by atoms with Gasteiger partial charge in [0.05, 0.1) is 11.7 Å². The minimum Gasteiger partial charge on any atom is -0.381 e. The molecule has 0 aliphatic carbocycles. The summed E-state index contributed by atoms with van der Waals surface area (Å²) in [7, 11) is 0. The first-order valence-corrected chi connectivity index (χ1v) is 4.80. The summed E-state index contributed by atoms with van der Waals surface area (Å²) >= 11 is 0. The predicted molar refractivity (Wildman–Crippen MR) is 45.9 cm³/mol. The van der Waals surface area contributed by atoms with Gasteiger partial charge in [0.1, 0.15) is 0 Å². The summed E-state index contributed by atoms with van der Waals surface area (Å²) in [5.74, 6) is 0. The third kappa shape index (κ3) is 1.49. The lowest BCUT2D eigenvalue weighted by atomic mass is 9.91. The molecule has 0 amide bonds. The van der Waals surface area contributed by atoms with Gasteiger partial charge >= 0.3 is 0 Å². The lowest BCUT2D eigenvalue weighted by molar-refractivity contribution is -0.101. The predicted octanol–water partition coefficient (Wildman–Crippen LogP) is 0.673. The average molecular weight is 171 g/mol. The molecule has 0 aromatic rings. The van der Waals surface area contributed by atoms with Gasteiger partial charge in [-0.25, -0.2) is 0 Å². The number of hydrogen-bond donors (Lipinski definition) is 1. The molecule has 3 nitrogen and oxygen atoms in total. The lowest BCUT2D eigenvalue weighted by Gasteiger charge is -2.33. The fourth-order valence-electron chi connectivity index (χ4n) is 2.17. The van der Waals surface area contributed by atoms with E-state index < -0.39 is 0 Å². The van der Waals surface area contributed by atoms with Crippen LogP contribution in [0.1, 0.15) is 25.7 Å². The summed E-state index contributed by atoms with van der Waals surface area (Å²) in [6.45, 7) is 2.39. The van der Waals surface area contributed by atoms with E-state index in [0.717, 1.165) is 32.5 Å². The molecule has 3 heteroatoms. The Labute approximate surface area is 73.2 Å². The maximum atomic E-state index is 5.93. The quantitative estimate of drug-likeness (QED) is 0.630. The number of hydrogen-bond acceptors (Lipinski definition) is 3. The van der Waals surface area contributed by atoms with Gasteiger partial charge < -0.3 is 15.2 Å². The Kier molecular flexibility index (Phi) is 2.35. The fraction of sp³-hybridized carbons (Fsp3) is 1.00. The van der Waals surface area contributed by atoms with Gasteiger partial charge in [0.25, 0.3) is 0 Å². The molecule has 1 spiro atoms. The third-order valence-electron chi connectivity index (χ3n) is 3.01. The molecule has 2 aliphatic heterocycles. The summed E-state index contributed by atoms with van der Waals surface area (Å²) in [4.78, 5) is 0. The van der Waals surface area contributed by atoms with E-state index in [9.17, 15) is 0 Å². The first kappa shape index (κ1) is 8.48. The second kappa shape index (κ2) is 3.32.